The van der Waals surface area contributed by atoms with Crippen molar-refractivity contribution in [2.24, 2.45) is 5.73 Å². The number of anilines is 2. The topological polar surface area (TPSA) is 107 Å². The molecule has 0 spiro atoms. The van der Waals surface area contributed by atoms with Gasteiger partial charge in [0.1, 0.15) is 0 Å². The summed E-state index contributed by atoms with van der Waals surface area (Å²) in [5.74, 6) is -0.908. The van der Waals surface area contributed by atoms with Crippen LogP contribution in [0.1, 0.15) is 10.4 Å². The van der Waals surface area contributed by atoms with Crippen molar-refractivity contribution in [3.05, 3.63) is 54.1 Å². The minimum Gasteiger partial charge on any atom is -0.481 e. The van der Waals surface area contributed by atoms with E-state index in [9.17, 15) is 9.59 Å². The number of ether oxygens (including phenoxy) is 1. The van der Waals surface area contributed by atoms with Gasteiger partial charge in [-0.1, -0.05) is 24.3 Å². The van der Waals surface area contributed by atoms with Crippen LogP contribution in [0.5, 0.6) is 5.75 Å². The number of amides is 2. The van der Waals surface area contributed by atoms with Gasteiger partial charge in [-0.05, 0) is 24.3 Å². The zero-order valence-electron chi connectivity index (χ0n) is 11.2. The van der Waals surface area contributed by atoms with Gasteiger partial charge in [0.15, 0.2) is 12.4 Å². The van der Waals surface area contributed by atoms with Crippen molar-refractivity contribution in [2.75, 3.05) is 17.7 Å². The van der Waals surface area contributed by atoms with Crippen molar-refractivity contribution < 1.29 is 14.3 Å². The molecule has 21 heavy (non-hydrogen) atoms. The van der Waals surface area contributed by atoms with E-state index in [1.165, 1.54) is 6.07 Å². The third-order valence-electron chi connectivity index (χ3n) is 2.72. The third-order valence-corrected chi connectivity index (χ3v) is 2.72. The molecule has 0 aliphatic carbocycles. The molecule has 2 rings (SSSR count). The molecule has 0 aromatic heterocycles. The van der Waals surface area contributed by atoms with Gasteiger partial charge >= 0.3 is 0 Å². The Morgan fingerprint density at radius 1 is 1.05 bits per heavy atom. The normalized spacial score (nSPS) is 9.90. The predicted octanol–water partition coefficient (Wildman–Crippen LogP) is 1.39. The zero-order valence-corrected chi connectivity index (χ0v) is 11.2. The summed E-state index contributed by atoms with van der Waals surface area (Å²) in [5.41, 5.74) is 12.0. The van der Waals surface area contributed by atoms with Crippen LogP contribution < -0.4 is 21.5 Å². The molecule has 0 saturated carbocycles. The van der Waals surface area contributed by atoms with Crippen molar-refractivity contribution in [1.29, 1.82) is 0 Å². The summed E-state index contributed by atoms with van der Waals surface area (Å²) in [5, 5.41) is 2.66. The van der Waals surface area contributed by atoms with Crippen LogP contribution in [0.2, 0.25) is 0 Å². The first-order valence-electron chi connectivity index (χ1n) is 6.24. The van der Waals surface area contributed by atoms with Crippen LogP contribution in [0.3, 0.4) is 0 Å². The number of benzene rings is 2. The lowest BCUT2D eigenvalue weighted by atomic mass is 10.1. The van der Waals surface area contributed by atoms with Gasteiger partial charge in [-0.2, -0.15) is 0 Å². The Kier molecular flexibility index (Phi) is 4.40. The van der Waals surface area contributed by atoms with Gasteiger partial charge in [-0.25, -0.2) is 0 Å². The Morgan fingerprint density at radius 2 is 1.76 bits per heavy atom. The molecule has 0 fully saturated rings. The standard InChI is InChI=1S/C15H15N3O3/c16-12-8-4-7-11(15(17)20)14(12)21-9-13(19)18-10-5-2-1-3-6-10/h1-8H,9,16H2,(H2,17,20)(H,18,19). The van der Waals surface area contributed by atoms with E-state index in [0.29, 0.717) is 5.69 Å². The van der Waals surface area contributed by atoms with Crippen LogP contribution in [0, 0.1) is 0 Å². The van der Waals surface area contributed by atoms with Crippen molar-refractivity contribution in [3.63, 3.8) is 0 Å². The lowest BCUT2D eigenvalue weighted by Gasteiger charge is -2.12. The van der Waals surface area contributed by atoms with Gasteiger partial charge in [0.2, 0.25) is 0 Å². The van der Waals surface area contributed by atoms with E-state index in [-0.39, 0.29) is 29.5 Å². The van der Waals surface area contributed by atoms with Crippen LogP contribution in [0.4, 0.5) is 11.4 Å². The van der Waals surface area contributed by atoms with Crippen LogP contribution >= 0.6 is 0 Å². The molecule has 6 heteroatoms. The van der Waals surface area contributed by atoms with Crippen molar-refractivity contribution in [2.45, 2.75) is 0 Å². The van der Waals surface area contributed by atoms with E-state index in [0.717, 1.165) is 0 Å². The van der Waals surface area contributed by atoms with E-state index < -0.39 is 5.91 Å². The fourth-order valence-corrected chi connectivity index (χ4v) is 1.77. The van der Waals surface area contributed by atoms with Crippen molar-refractivity contribution >= 4 is 23.2 Å². The second-order valence-electron chi connectivity index (χ2n) is 4.29. The molecule has 2 aromatic rings. The first kappa shape index (κ1) is 14.4. The number of nitrogens with two attached hydrogens (primary N) is 2. The van der Waals surface area contributed by atoms with Gasteiger partial charge in [-0.3, -0.25) is 9.59 Å². The molecule has 108 valence electrons. The van der Waals surface area contributed by atoms with Crippen molar-refractivity contribution in [1.82, 2.24) is 0 Å². The maximum Gasteiger partial charge on any atom is 0.262 e. The van der Waals surface area contributed by atoms with Crippen LogP contribution in [0.15, 0.2) is 48.5 Å². The summed E-state index contributed by atoms with van der Waals surface area (Å²) in [6.45, 7) is -0.274. The Hall–Kier alpha value is -3.02. The maximum absolute atomic E-state index is 11.8. The molecule has 0 aliphatic heterocycles. The fraction of sp³-hybridized carbons (Fsp3) is 0.0667. The van der Waals surface area contributed by atoms with Gasteiger partial charge in [0.25, 0.3) is 11.8 Å². The molecular formula is C15H15N3O3. The summed E-state index contributed by atoms with van der Waals surface area (Å²) in [7, 11) is 0. The molecule has 0 saturated heterocycles. The van der Waals surface area contributed by atoms with Gasteiger partial charge in [0.05, 0.1) is 11.3 Å². The average molecular weight is 285 g/mol. The van der Waals surface area contributed by atoms with Crippen LogP contribution in [0.25, 0.3) is 0 Å². The number of carbonyl (C=O) groups excluding carboxylic acids is 2. The number of para-hydroxylation sites is 2. The number of hydrogen-bond donors (Lipinski definition) is 3. The van der Waals surface area contributed by atoms with Gasteiger partial charge in [-0.15, -0.1) is 0 Å². The Morgan fingerprint density at radius 3 is 2.43 bits per heavy atom. The lowest BCUT2D eigenvalue weighted by molar-refractivity contribution is -0.118. The van der Waals surface area contributed by atoms with Crippen LogP contribution in [-0.2, 0) is 4.79 Å². The molecule has 0 aliphatic rings. The van der Waals surface area contributed by atoms with E-state index in [1.807, 2.05) is 6.07 Å². The fourth-order valence-electron chi connectivity index (χ4n) is 1.77. The minimum absolute atomic E-state index is 0.119. The molecule has 6 nitrogen and oxygen atoms in total. The van der Waals surface area contributed by atoms with Gasteiger partial charge in [0, 0.05) is 5.69 Å². The zero-order chi connectivity index (χ0) is 15.2. The van der Waals surface area contributed by atoms with E-state index in [4.69, 9.17) is 16.2 Å². The van der Waals surface area contributed by atoms with E-state index >= 15 is 0 Å². The molecule has 0 radical (unpaired) electrons. The Balaban J connectivity index is 2.03. The predicted molar refractivity (Wildman–Crippen MR) is 79.9 cm³/mol. The third kappa shape index (κ3) is 3.73. The highest BCUT2D eigenvalue weighted by atomic mass is 16.5. The second kappa shape index (κ2) is 6.42. The van der Waals surface area contributed by atoms with E-state index in [2.05, 4.69) is 5.32 Å². The summed E-state index contributed by atoms with van der Waals surface area (Å²) >= 11 is 0. The van der Waals surface area contributed by atoms with Crippen molar-refractivity contribution in [3.8, 4) is 5.75 Å². The lowest BCUT2D eigenvalue weighted by Crippen LogP contribution is -2.22. The van der Waals surface area contributed by atoms with Gasteiger partial charge < -0.3 is 21.5 Å². The number of primary amides is 1. The number of nitrogens with one attached hydrogen (secondary N) is 1. The molecule has 0 bridgehead atoms. The smallest absolute Gasteiger partial charge is 0.262 e. The highest BCUT2D eigenvalue weighted by molar-refractivity contribution is 5.98. The molecular weight excluding hydrogens is 270 g/mol. The number of carbonyl (C=O) groups is 2. The highest BCUT2D eigenvalue weighted by Crippen LogP contribution is 2.25. The number of rotatable bonds is 5. The minimum atomic E-state index is -0.666. The first-order valence-corrected chi connectivity index (χ1v) is 6.24. The maximum atomic E-state index is 11.8. The molecule has 0 heterocycles. The average Bonchev–Trinajstić information content (AvgIpc) is 2.46. The summed E-state index contributed by atoms with van der Waals surface area (Å²) in [6, 6.07) is 13.6. The number of hydrogen-bond acceptors (Lipinski definition) is 4. The highest BCUT2D eigenvalue weighted by Gasteiger charge is 2.14. The largest absolute Gasteiger partial charge is 0.481 e. The molecule has 0 unspecified atom stereocenters. The Bertz CT molecular complexity index is 656. The summed E-state index contributed by atoms with van der Waals surface area (Å²) in [4.78, 5) is 23.1. The quantitative estimate of drug-likeness (QED) is 0.721. The Labute approximate surface area is 121 Å². The summed E-state index contributed by atoms with van der Waals surface area (Å²) < 4.78 is 5.33. The first-order chi connectivity index (χ1) is 10.1. The second-order valence-corrected chi connectivity index (χ2v) is 4.29. The molecule has 2 aromatic carbocycles. The molecule has 2 amide bonds. The monoisotopic (exact) mass is 285 g/mol. The number of nitrogen functional groups attached to an aromatic ring is 1. The molecule has 5 N–H and O–H groups in total. The van der Waals surface area contributed by atoms with Crippen LogP contribution in [-0.4, -0.2) is 18.4 Å². The van der Waals surface area contributed by atoms with E-state index in [1.54, 1.807) is 36.4 Å². The SMILES string of the molecule is NC(=O)c1cccc(N)c1OCC(=O)Nc1ccccc1. The summed E-state index contributed by atoms with van der Waals surface area (Å²) in [6.07, 6.45) is 0. The molecule has 0 atom stereocenters.